The highest BCUT2D eigenvalue weighted by Crippen LogP contribution is 2.17. The molecule has 0 aromatic heterocycles. The fraction of sp³-hybridized carbons (Fsp3) is 0.818. The molecule has 92 valence electrons. The van der Waals surface area contributed by atoms with Crippen LogP contribution in [0.2, 0.25) is 0 Å². The number of hydrogen-bond acceptors (Lipinski definition) is 3. The molecular formula is C11H20N2O3. The van der Waals surface area contributed by atoms with Crippen LogP contribution in [0.5, 0.6) is 0 Å². The highest BCUT2D eigenvalue weighted by Gasteiger charge is 2.30. The van der Waals surface area contributed by atoms with E-state index >= 15 is 0 Å². The van der Waals surface area contributed by atoms with E-state index < -0.39 is 0 Å². The second kappa shape index (κ2) is 5.84. The molecule has 2 N–H and O–H groups in total. The molecule has 16 heavy (non-hydrogen) atoms. The number of aliphatic hydroxyl groups is 1. The molecule has 0 aromatic rings. The minimum absolute atomic E-state index is 0.0595. The molecule has 1 aliphatic heterocycles. The Bertz CT molecular complexity index is 268. The third-order valence-electron chi connectivity index (χ3n) is 2.88. The first-order chi connectivity index (χ1) is 7.58. The van der Waals surface area contributed by atoms with Gasteiger partial charge in [0.25, 0.3) is 0 Å². The summed E-state index contributed by atoms with van der Waals surface area (Å²) < 4.78 is 0. The number of likely N-dealkylation sites (tertiary alicyclic amines) is 1. The van der Waals surface area contributed by atoms with Gasteiger partial charge in [-0.15, -0.1) is 0 Å². The summed E-state index contributed by atoms with van der Waals surface area (Å²) in [7, 11) is 0. The predicted molar refractivity (Wildman–Crippen MR) is 59.7 cm³/mol. The van der Waals surface area contributed by atoms with E-state index in [4.69, 9.17) is 5.11 Å². The van der Waals surface area contributed by atoms with Gasteiger partial charge in [-0.3, -0.25) is 9.59 Å². The van der Waals surface area contributed by atoms with E-state index in [0.717, 1.165) is 6.42 Å². The predicted octanol–water partition coefficient (Wildman–Crippen LogP) is -0.258. The van der Waals surface area contributed by atoms with Gasteiger partial charge in [-0.2, -0.15) is 0 Å². The van der Waals surface area contributed by atoms with E-state index in [-0.39, 0.29) is 30.4 Å². The van der Waals surface area contributed by atoms with E-state index in [2.05, 4.69) is 5.32 Å². The van der Waals surface area contributed by atoms with Gasteiger partial charge in [-0.25, -0.2) is 0 Å². The molecule has 1 aliphatic rings. The summed E-state index contributed by atoms with van der Waals surface area (Å²) in [5, 5.41) is 11.5. The molecule has 0 bridgehead atoms. The van der Waals surface area contributed by atoms with Gasteiger partial charge < -0.3 is 15.3 Å². The van der Waals surface area contributed by atoms with E-state index in [0.29, 0.717) is 19.5 Å². The molecule has 1 fully saturated rings. The Labute approximate surface area is 95.8 Å². The molecule has 5 heteroatoms. The van der Waals surface area contributed by atoms with Crippen molar-refractivity contribution < 1.29 is 14.7 Å². The Morgan fingerprint density at radius 2 is 2.25 bits per heavy atom. The number of hydrogen-bond donors (Lipinski definition) is 2. The molecule has 2 unspecified atom stereocenters. The highest BCUT2D eigenvalue weighted by atomic mass is 16.3. The maximum atomic E-state index is 11.7. The van der Waals surface area contributed by atoms with Crippen molar-refractivity contribution in [2.24, 2.45) is 5.92 Å². The summed E-state index contributed by atoms with van der Waals surface area (Å²) in [4.78, 5) is 24.9. The summed E-state index contributed by atoms with van der Waals surface area (Å²) in [6.07, 6.45) is 1.21. The van der Waals surface area contributed by atoms with E-state index in [1.807, 2.05) is 6.92 Å². The van der Waals surface area contributed by atoms with Gasteiger partial charge in [-0.1, -0.05) is 6.92 Å². The van der Waals surface area contributed by atoms with Crippen LogP contribution in [0, 0.1) is 5.92 Å². The molecule has 0 aromatic carbocycles. The number of aliphatic hydroxyl groups excluding tert-OH is 1. The molecule has 0 spiro atoms. The van der Waals surface area contributed by atoms with Crippen LogP contribution in [0.4, 0.5) is 0 Å². The zero-order valence-corrected chi connectivity index (χ0v) is 9.90. The average Bonchev–Trinajstić information content (AvgIpc) is 2.77. The minimum atomic E-state index is -0.219. The number of nitrogens with zero attached hydrogens (tertiary/aromatic N) is 1. The second-order valence-corrected chi connectivity index (χ2v) is 4.27. The van der Waals surface area contributed by atoms with Crippen LogP contribution in [-0.4, -0.2) is 47.6 Å². The first-order valence-corrected chi connectivity index (χ1v) is 5.77. The van der Waals surface area contributed by atoms with Gasteiger partial charge in [0.15, 0.2) is 0 Å². The van der Waals surface area contributed by atoms with Gasteiger partial charge in [0, 0.05) is 25.6 Å². The third kappa shape index (κ3) is 3.20. The van der Waals surface area contributed by atoms with Gasteiger partial charge in [0.1, 0.15) is 0 Å². The van der Waals surface area contributed by atoms with Crippen molar-refractivity contribution in [3.8, 4) is 0 Å². The van der Waals surface area contributed by atoms with Crippen LogP contribution in [0.1, 0.15) is 26.7 Å². The monoisotopic (exact) mass is 228 g/mol. The van der Waals surface area contributed by atoms with Crippen LogP contribution in [0.3, 0.4) is 0 Å². The molecule has 1 saturated heterocycles. The van der Waals surface area contributed by atoms with E-state index in [1.165, 1.54) is 0 Å². The van der Waals surface area contributed by atoms with Crippen molar-refractivity contribution in [1.82, 2.24) is 10.2 Å². The molecule has 0 aliphatic carbocycles. The second-order valence-electron chi connectivity index (χ2n) is 4.27. The lowest BCUT2D eigenvalue weighted by atomic mass is 10.1. The molecule has 5 nitrogen and oxygen atoms in total. The van der Waals surface area contributed by atoms with Gasteiger partial charge in [0.05, 0.1) is 12.5 Å². The summed E-state index contributed by atoms with van der Waals surface area (Å²) in [5.41, 5.74) is 0. The number of amides is 2. The summed E-state index contributed by atoms with van der Waals surface area (Å²) in [5.74, 6) is -0.0806. The average molecular weight is 228 g/mol. The molecule has 1 heterocycles. The summed E-state index contributed by atoms with van der Waals surface area (Å²) in [6, 6.07) is -0.219. The Morgan fingerprint density at radius 3 is 2.81 bits per heavy atom. The Hall–Kier alpha value is -1.10. The van der Waals surface area contributed by atoms with E-state index in [9.17, 15) is 9.59 Å². The molecule has 0 saturated carbocycles. The Balaban J connectivity index is 2.40. The van der Waals surface area contributed by atoms with Crippen LogP contribution in [-0.2, 0) is 9.59 Å². The van der Waals surface area contributed by atoms with Crippen LogP contribution in [0.15, 0.2) is 0 Å². The summed E-state index contributed by atoms with van der Waals surface area (Å²) >= 11 is 0. The molecule has 0 radical (unpaired) electrons. The first-order valence-electron chi connectivity index (χ1n) is 5.77. The standard InChI is InChI=1S/C11H20N2O3/c1-3-10(15)13-5-4-9(6-13)11(16)12-8(2)7-14/h8-9,14H,3-7H2,1-2H3,(H,12,16). The van der Waals surface area contributed by atoms with Crippen LogP contribution >= 0.6 is 0 Å². The number of nitrogens with one attached hydrogen (secondary N) is 1. The van der Waals surface area contributed by atoms with Crippen molar-refractivity contribution in [1.29, 1.82) is 0 Å². The number of rotatable bonds is 4. The van der Waals surface area contributed by atoms with Crippen molar-refractivity contribution in [3.63, 3.8) is 0 Å². The zero-order chi connectivity index (χ0) is 12.1. The summed E-state index contributed by atoms with van der Waals surface area (Å²) in [6.45, 7) is 4.69. The Morgan fingerprint density at radius 1 is 1.56 bits per heavy atom. The SMILES string of the molecule is CCC(=O)N1CCC(C(=O)NC(C)CO)C1. The van der Waals surface area contributed by atoms with Crippen LogP contribution in [0.25, 0.3) is 0 Å². The lowest BCUT2D eigenvalue weighted by Crippen LogP contribution is -2.40. The smallest absolute Gasteiger partial charge is 0.225 e. The maximum Gasteiger partial charge on any atom is 0.225 e. The number of carbonyl (C=O) groups excluding carboxylic acids is 2. The van der Waals surface area contributed by atoms with Crippen molar-refractivity contribution >= 4 is 11.8 Å². The molecule has 2 atom stereocenters. The van der Waals surface area contributed by atoms with Crippen molar-refractivity contribution in [3.05, 3.63) is 0 Å². The fourth-order valence-corrected chi connectivity index (χ4v) is 1.83. The first kappa shape index (κ1) is 13.0. The topological polar surface area (TPSA) is 69.6 Å². The molecule has 1 rings (SSSR count). The molecule has 2 amide bonds. The van der Waals surface area contributed by atoms with E-state index in [1.54, 1.807) is 11.8 Å². The normalized spacial score (nSPS) is 21.9. The van der Waals surface area contributed by atoms with Crippen LogP contribution < -0.4 is 5.32 Å². The lowest BCUT2D eigenvalue weighted by Gasteiger charge is -2.17. The van der Waals surface area contributed by atoms with Crippen molar-refractivity contribution in [2.45, 2.75) is 32.7 Å². The fourth-order valence-electron chi connectivity index (χ4n) is 1.83. The maximum absolute atomic E-state index is 11.7. The Kier molecular flexibility index (Phi) is 4.73. The highest BCUT2D eigenvalue weighted by molar-refractivity contribution is 5.82. The molecular weight excluding hydrogens is 208 g/mol. The quantitative estimate of drug-likeness (QED) is 0.696. The minimum Gasteiger partial charge on any atom is -0.394 e. The van der Waals surface area contributed by atoms with Gasteiger partial charge in [0.2, 0.25) is 11.8 Å². The lowest BCUT2D eigenvalue weighted by molar-refractivity contribution is -0.130. The third-order valence-corrected chi connectivity index (χ3v) is 2.88. The number of carbonyl (C=O) groups is 2. The van der Waals surface area contributed by atoms with Gasteiger partial charge in [-0.05, 0) is 13.3 Å². The zero-order valence-electron chi connectivity index (χ0n) is 9.90. The van der Waals surface area contributed by atoms with Crippen molar-refractivity contribution in [2.75, 3.05) is 19.7 Å². The van der Waals surface area contributed by atoms with Gasteiger partial charge >= 0.3 is 0 Å². The largest absolute Gasteiger partial charge is 0.394 e.